The van der Waals surface area contributed by atoms with Gasteiger partial charge in [0.05, 0.1) is 19.1 Å². The van der Waals surface area contributed by atoms with E-state index in [-0.39, 0.29) is 16.3 Å². The lowest BCUT2D eigenvalue weighted by atomic mass is 10.0. The number of benzene rings is 1. The van der Waals surface area contributed by atoms with E-state index in [1.165, 1.54) is 5.56 Å². The molecule has 0 radical (unpaired) electrons. The monoisotopic (exact) mass is 369 g/mol. The SMILES string of the molecule is I[C@H]1N=C(Cc2ccccc2)C=CC1C1OCCO1. The fraction of sp³-hybridized carbons (Fsp3) is 0.400. The molecule has 4 heteroatoms. The highest BCUT2D eigenvalue weighted by molar-refractivity contribution is 14.1. The lowest BCUT2D eigenvalue weighted by Crippen LogP contribution is -2.29. The molecule has 0 amide bonds. The lowest BCUT2D eigenvalue weighted by molar-refractivity contribution is -0.0692. The minimum atomic E-state index is -0.125. The van der Waals surface area contributed by atoms with Crippen molar-refractivity contribution in [1.82, 2.24) is 0 Å². The average Bonchev–Trinajstić information content (AvgIpc) is 2.94. The molecule has 3 nitrogen and oxygen atoms in total. The molecule has 2 atom stereocenters. The van der Waals surface area contributed by atoms with Gasteiger partial charge in [0.1, 0.15) is 4.05 Å². The maximum Gasteiger partial charge on any atom is 0.166 e. The third kappa shape index (κ3) is 3.24. The molecule has 1 aromatic rings. The zero-order valence-electron chi connectivity index (χ0n) is 10.5. The van der Waals surface area contributed by atoms with Crippen molar-refractivity contribution in [3.63, 3.8) is 0 Å². The molecule has 3 rings (SSSR count). The van der Waals surface area contributed by atoms with E-state index in [4.69, 9.17) is 14.5 Å². The van der Waals surface area contributed by atoms with Gasteiger partial charge in [0, 0.05) is 12.1 Å². The third-order valence-electron chi connectivity index (χ3n) is 3.31. The molecule has 2 heterocycles. The van der Waals surface area contributed by atoms with Crippen LogP contribution in [0.5, 0.6) is 0 Å². The van der Waals surface area contributed by atoms with Crippen LogP contribution in [0.15, 0.2) is 47.5 Å². The number of allylic oxidation sites excluding steroid dienone is 1. The summed E-state index contributed by atoms with van der Waals surface area (Å²) in [6.45, 7) is 1.39. The van der Waals surface area contributed by atoms with Crippen LogP contribution in [-0.4, -0.2) is 29.3 Å². The van der Waals surface area contributed by atoms with Crippen LogP contribution in [-0.2, 0) is 15.9 Å². The summed E-state index contributed by atoms with van der Waals surface area (Å²) in [5, 5.41) is 0. The van der Waals surface area contributed by atoms with Crippen LogP contribution in [0, 0.1) is 5.92 Å². The summed E-state index contributed by atoms with van der Waals surface area (Å²) in [5.41, 5.74) is 2.42. The zero-order valence-corrected chi connectivity index (χ0v) is 12.7. The Kier molecular flexibility index (Phi) is 4.30. The van der Waals surface area contributed by atoms with Crippen LogP contribution < -0.4 is 0 Å². The van der Waals surface area contributed by atoms with E-state index in [2.05, 4.69) is 59.0 Å². The Balaban J connectivity index is 1.66. The molecule has 2 aliphatic rings. The van der Waals surface area contributed by atoms with Gasteiger partial charge >= 0.3 is 0 Å². The van der Waals surface area contributed by atoms with E-state index in [0.717, 1.165) is 12.1 Å². The largest absolute Gasteiger partial charge is 0.350 e. The minimum absolute atomic E-state index is 0.125. The minimum Gasteiger partial charge on any atom is -0.350 e. The molecular formula is C15H16INO2. The van der Waals surface area contributed by atoms with Crippen LogP contribution >= 0.6 is 22.6 Å². The van der Waals surface area contributed by atoms with Gasteiger partial charge < -0.3 is 9.47 Å². The second-order valence-electron chi connectivity index (χ2n) is 4.70. The summed E-state index contributed by atoms with van der Waals surface area (Å²) >= 11 is 2.37. The van der Waals surface area contributed by atoms with Crippen LogP contribution in [0.4, 0.5) is 0 Å². The number of hydrogen-bond donors (Lipinski definition) is 0. The second kappa shape index (κ2) is 6.15. The topological polar surface area (TPSA) is 30.8 Å². The molecule has 0 saturated carbocycles. The quantitative estimate of drug-likeness (QED) is 0.466. The zero-order chi connectivity index (χ0) is 13.1. The van der Waals surface area contributed by atoms with Crippen molar-refractivity contribution in [3.05, 3.63) is 48.0 Å². The summed E-state index contributed by atoms with van der Waals surface area (Å²) in [5.74, 6) is 0.225. The first-order chi connectivity index (χ1) is 9.33. The van der Waals surface area contributed by atoms with Gasteiger partial charge in [-0.1, -0.05) is 59.0 Å². The van der Waals surface area contributed by atoms with E-state index in [1.54, 1.807) is 0 Å². The van der Waals surface area contributed by atoms with Crippen molar-refractivity contribution >= 4 is 28.3 Å². The van der Waals surface area contributed by atoms with Crippen molar-refractivity contribution in [3.8, 4) is 0 Å². The maximum atomic E-state index is 5.57. The van der Waals surface area contributed by atoms with Gasteiger partial charge in [0.25, 0.3) is 0 Å². The summed E-state index contributed by atoms with van der Waals surface area (Å²) in [4.78, 5) is 4.76. The van der Waals surface area contributed by atoms with E-state index in [9.17, 15) is 0 Å². The maximum absolute atomic E-state index is 5.57. The Morgan fingerprint density at radius 3 is 2.58 bits per heavy atom. The summed E-state index contributed by atoms with van der Waals surface area (Å²) in [6, 6.07) is 10.4. The highest BCUT2D eigenvalue weighted by Crippen LogP contribution is 2.28. The number of dihydropyridines is 1. The highest BCUT2D eigenvalue weighted by atomic mass is 127. The summed E-state index contributed by atoms with van der Waals surface area (Å²) in [7, 11) is 0. The molecular weight excluding hydrogens is 353 g/mol. The average molecular weight is 369 g/mol. The molecule has 0 aliphatic carbocycles. The fourth-order valence-corrected chi connectivity index (χ4v) is 3.27. The van der Waals surface area contributed by atoms with Crippen molar-refractivity contribution in [1.29, 1.82) is 0 Å². The number of alkyl halides is 1. The van der Waals surface area contributed by atoms with E-state index < -0.39 is 0 Å². The first kappa shape index (κ1) is 13.3. The molecule has 19 heavy (non-hydrogen) atoms. The van der Waals surface area contributed by atoms with Gasteiger partial charge in [-0.3, -0.25) is 4.99 Å². The molecule has 1 unspecified atom stereocenters. The Morgan fingerprint density at radius 1 is 1.16 bits per heavy atom. The number of ether oxygens (including phenoxy) is 2. The van der Waals surface area contributed by atoms with E-state index >= 15 is 0 Å². The van der Waals surface area contributed by atoms with Gasteiger partial charge in [-0.15, -0.1) is 0 Å². The summed E-state index contributed by atoms with van der Waals surface area (Å²) in [6.07, 6.45) is 5.05. The molecule has 0 bridgehead atoms. The van der Waals surface area contributed by atoms with Crippen LogP contribution in [0.25, 0.3) is 0 Å². The Hall–Kier alpha value is -0.720. The first-order valence-electron chi connectivity index (χ1n) is 6.49. The molecule has 100 valence electrons. The third-order valence-corrected chi connectivity index (χ3v) is 4.42. The van der Waals surface area contributed by atoms with Crippen LogP contribution in [0.2, 0.25) is 0 Å². The molecule has 0 aromatic heterocycles. The molecule has 0 spiro atoms. The standard InChI is InChI=1S/C15H16INO2/c16-14-13(15-18-8-9-19-15)7-6-12(17-14)10-11-4-2-1-3-5-11/h1-7,13-15H,8-10H2/t13?,14-/m0/s1. The van der Waals surface area contributed by atoms with Gasteiger partial charge in [0.15, 0.2) is 6.29 Å². The van der Waals surface area contributed by atoms with Crippen LogP contribution in [0.1, 0.15) is 5.56 Å². The number of hydrogen-bond acceptors (Lipinski definition) is 3. The fourth-order valence-electron chi connectivity index (χ4n) is 2.33. The molecule has 1 saturated heterocycles. The Morgan fingerprint density at radius 2 is 1.89 bits per heavy atom. The Bertz CT molecular complexity index is 480. The van der Waals surface area contributed by atoms with Gasteiger partial charge in [-0.05, 0) is 11.6 Å². The second-order valence-corrected chi connectivity index (χ2v) is 5.98. The normalized spacial score (nSPS) is 27.5. The smallest absolute Gasteiger partial charge is 0.166 e. The molecule has 1 aromatic carbocycles. The number of rotatable bonds is 3. The Labute approximate surface area is 126 Å². The predicted octanol–water partition coefficient (Wildman–Crippen LogP) is 2.99. The predicted molar refractivity (Wildman–Crippen MR) is 83.7 cm³/mol. The van der Waals surface area contributed by atoms with E-state index in [1.807, 2.05) is 6.07 Å². The van der Waals surface area contributed by atoms with Crippen molar-refractivity contribution in [2.24, 2.45) is 10.9 Å². The van der Waals surface area contributed by atoms with Gasteiger partial charge in [-0.25, -0.2) is 0 Å². The van der Waals surface area contributed by atoms with Crippen molar-refractivity contribution < 1.29 is 9.47 Å². The first-order valence-corrected chi connectivity index (χ1v) is 7.73. The summed E-state index contributed by atoms with van der Waals surface area (Å²) < 4.78 is 11.3. The molecule has 0 N–H and O–H groups in total. The highest BCUT2D eigenvalue weighted by Gasteiger charge is 2.32. The molecule has 1 fully saturated rings. The lowest BCUT2D eigenvalue weighted by Gasteiger charge is -2.25. The number of aliphatic imine (C=N–C) groups is 1. The van der Waals surface area contributed by atoms with Crippen LogP contribution in [0.3, 0.4) is 0 Å². The van der Waals surface area contributed by atoms with Crippen molar-refractivity contribution in [2.75, 3.05) is 13.2 Å². The van der Waals surface area contributed by atoms with Crippen molar-refractivity contribution in [2.45, 2.75) is 16.8 Å². The van der Waals surface area contributed by atoms with Gasteiger partial charge in [-0.2, -0.15) is 0 Å². The van der Waals surface area contributed by atoms with E-state index in [0.29, 0.717) is 13.2 Å². The molecule has 2 aliphatic heterocycles. The van der Waals surface area contributed by atoms with Gasteiger partial charge in [0.2, 0.25) is 0 Å². The number of nitrogens with zero attached hydrogens (tertiary/aromatic N) is 1. The number of halogens is 1.